The van der Waals surface area contributed by atoms with Crippen LogP contribution in [0.1, 0.15) is 42.2 Å². The molecule has 1 saturated heterocycles. The first-order valence-corrected chi connectivity index (χ1v) is 6.38. The van der Waals surface area contributed by atoms with Gasteiger partial charge >= 0.3 is 0 Å². The minimum absolute atomic E-state index is 0.193. The lowest BCUT2D eigenvalue weighted by Crippen LogP contribution is -2.35. The Bertz CT molecular complexity index is 458. The molecule has 0 N–H and O–H groups in total. The van der Waals surface area contributed by atoms with Gasteiger partial charge in [0.25, 0.3) is 0 Å². The van der Waals surface area contributed by atoms with Crippen molar-refractivity contribution in [2.75, 3.05) is 18.0 Å². The van der Waals surface area contributed by atoms with E-state index in [-0.39, 0.29) is 5.78 Å². The molecule has 1 aromatic heterocycles. The Morgan fingerprint density at radius 1 is 1.41 bits per heavy atom. The maximum Gasteiger partial charge on any atom is 0.225 e. The van der Waals surface area contributed by atoms with Crippen LogP contribution in [0.4, 0.5) is 5.95 Å². The third-order valence-electron chi connectivity index (χ3n) is 3.68. The van der Waals surface area contributed by atoms with E-state index in [1.807, 2.05) is 0 Å². The highest BCUT2D eigenvalue weighted by Gasteiger charge is 2.24. The van der Waals surface area contributed by atoms with Gasteiger partial charge in [-0.2, -0.15) is 0 Å². The van der Waals surface area contributed by atoms with E-state index in [4.69, 9.17) is 0 Å². The molecule has 1 aromatic rings. The zero-order valence-electron chi connectivity index (χ0n) is 10.1. The Hall–Kier alpha value is -1.45. The second-order valence-electron chi connectivity index (χ2n) is 5.15. The van der Waals surface area contributed by atoms with Crippen LogP contribution in [0.3, 0.4) is 0 Å². The highest BCUT2D eigenvalue weighted by Crippen LogP contribution is 2.24. The molecule has 2 aliphatic rings. The van der Waals surface area contributed by atoms with Crippen LogP contribution < -0.4 is 4.90 Å². The number of rotatable bonds is 1. The lowest BCUT2D eigenvalue weighted by molar-refractivity contribution is 0.0994. The van der Waals surface area contributed by atoms with E-state index in [9.17, 15) is 4.79 Å². The molecule has 90 valence electrons. The van der Waals surface area contributed by atoms with Crippen LogP contribution in [-0.2, 0) is 6.42 Å². The maximum atomic E-state index is 11.5. The molecule has 2 heterocycles. The number of anilines is 1. The van der Waals surface area contributed by atoms with Crippen LogP contribution in [0.2, 0.25) is 0 Å². The summed E-state index contributed by atoms with van der Waals surface area (Å²) in [5.74, 6) is 1.71. The number of hydrogen-bond donors (Lipinski definition) is 0. The summed E-state index contributed by atoms with van der Waals surface area (Å²) < 4.78 is 0. The molecule has 3 rings (SSSR count). The standard InChI is InChI=1S/C13H17N3O/c1-9-3-2-6-16(8-9)13-14-7-10-11(15-13)4-5-12(10)17/h7,9H,2-6,8H2,1H3. The molecule has 0 amide bonds. The molecule has 1 unspecified atom stereocenters. The number of hydrogen-bond acceptors (Lipinski definition) is 4. The number of piperidine rings is 1. The number of carbonyl (C=O) groups is 1. The summed E-state index contributed by atoms with van der Waals surface area (Å²) in [6.45, 7) is 4.34. The average molecular weight is 231 g/mol. The Morgan fingerprint density at radius 2 is 2.29 bits per heavy atom. The summed E-state index contributed by atoms with van der Waals surface area (Å²) in [4.78, 5) is 22.7. The number of carbonyl (C=O) groups excluding carboxylic acids is 1. The predicted octanol–water partition coefficient (Wildman–Crippen LogP) is 1.84. The van der Waals surface area contributed by atoms with Crippen molar-refractivity contribution in [3.63, 3.8) is 0 Å². The first-order valence-electron chi connectivity index (χ1n) is 6.38. The summed E-state index contributed by atoms with van der Waals surface area (Å²) in [5, 5.41) is 0. The van der Waals surface area contributed by atoms with Gasteiger partial charge in [-0.05, 0) is 25.2 Å². The minimum atomic E-state index is 0.193. The van der Waals surface area contributed by atoms with Gasteiger partial charge in [0.1, 0.15) is 0 Å². The highest BCUT2D eigenvalue weighted by molar-refractivity contribution is 5.99. The van der Waals surface area contributed by atoms with Crippen molar-refractivity contribution in [2.24, 2.45) is 5.92 Å². The van der Waals surface area contributed by atoms with Gasteiger partial charge in [0.2, 0.25) is 5.95 Å². The third kappa shape index (κ3) is 1.92. The second-order valence-corrected chi connectivity index (χ2v) is 5.15. The second kappa shape index (κ2) is 4.09. The zero-order valence-corrected chi connectivity index (χ0v) is 10.1. The molecular formula is C13H17N3O. The number of aryl methyl sites for hydroxylation is 1. The summed E-state index contributed by atoms with van der Waals surface area (Å²) in [5.41, 5.74) is 1.68. The lowest BCUT2D eigenvalue weighted by atomic mass is 10.0. The molecule has 0 radical (unpaired) electrons. The van der Waals surface area contributed by atoms with E-state index in [0.717, 1.165) is 36.7 Å². The van der Waals surface area contributed by atoms with Crippen molar-refractivity contribution < 1.29 is 4.79 Å². The number of Topliss-reactive ketones (excluding diaryl/α,β-unsaturated/α-hetero) is 1. The largest absolute Gasteiger partial charge is 0.341 e. The quantitative estimate of drug-likeness (QED) is 0.740. The van der Waals surface area contributed by atoms with Crippen molar-refractivity contribution in [2.45, 2.75) is 32.6 Å². The van der Waals surface area contributed by atoms with Crippen LogP contribution in [0.25, 0.3) is 0 Å². The van der Waals surface area contributed by atoms with Gasteiger partial charge < -0.3 is 4.90 Å². The van der Waals surface area contributed by atoms with Gasteiger partial charge in [-0.15, -0.1) is 0 Å². The van der Waals surface area contributed by atoms with Crippen LogP contribution in [0.5, 0.6) is 0 Å². The Balaban J connectivity index is 1.87. The maximum absolute atomic E-state index is 11.5. The van der Waals surface area contributed by atoms with Crippen molar-refractivity contribution in [3.8, 4) is 0 Å². The molecular weight excluding hydrogens is 214 g/mol. The first-order chi connectivity index (χ1) is 8.24. The first kappa shape index (κ1) is 10.7. The third-order valence-corrected chi connectivity index (χ3v) is 3.68. The van der Waals surface area contributed by atoms with Gasteiger partial charge in [-0.1, -0.05) is 6.92 Å². The molecule has 0 saturated carbocycles. The summed E-state index contributed by atoms with van der Waals surface area (Å²) in [7, 11) is 0. The smallest absolute Gasteiger partial charge is 0.225 e. The number of fused-ring (bicyclic) bond motifs is 1. The summed E-state index contributed by atoms with van der Waals surface area (Å²) >= 11 is 0. The molecule has 4 heteroatoms. The van der Waals surface area contributed by atoms with Crippen molar-refractivity contribution >= 4 is 11.7 Å². The van der Waals surface area contributed by atoms with Gasteiger partial charge in [-0.25, -0.2) is 9.97 Å². The van der Waals surface area contributed by atoms with Crippen LogP contribution >= 0.6 is 0 Å². The van der Waals surface area contributed by atoms with Crippen LogP contribution in [0.15, 0.2) is 6.20 Å². The molecule has 0 aromatic carbocycles. The van der Waals surface area contributed by atoms with Crippen molar-refractivity contribution in [3.05, 3.63) is 17.5 Å². The molecule has 1 aliphatic heterocycles. The Morgan fingerprint density at radius 3 is 3.12 bits per heavy atom. The predicted molar refractivity (Wildman–Crippen MR) is 65.3 cm³/mol. The van der Waals surface area contributed by atoms with E-state index < -0.39 is 0 Å². The number of ketones is 1. The highest BCUT2D eigenvalue weighted by atomic mass is 16.1. The zero-order chi connectivity index (χ0) is 11.8. The van der Waals surface area contributed by atoms with E-state index in [0.29, 0.717) is 12.3 Å². The topological polar surface area (TPSA) is 46.1 Å². The van der Waals surface area contributed by atoms with Gasteiger partial charge in [0.05, 0.1) is 11.3 Å². The fourth-order valence-electron chi connectivity index (χ4n) is 2.72. The lowest BCUT2D eigenvalue weighted by Gasteiger charge is -2.30. The monoisotopic (exact) mass is 231 g/mol. The minimum Gasteiger partial charge on any atom is -0.341 e. The van der Waals surface area contributed by atoms with E-state index in [1.165, 1.54) is 12.8 Å². The summed E-state index contributed by atoms with van der Waals surface area (Å²) in [6, 6.07) is 0. The van der Waals surface area contributed by atoms with Crippen molar-refractivity contribution in [1.82, 2.24) is 9.97 Å². The molecule has 0 bridgehead atoms. The molecule has 1 fully saturated rings. The Kier molecular flexibility index (Phi) is 2.57. The van der Waals surface area contributed by atoms with Crippen LogP contribution in [0, 0.1) is 5.92 Å². The molecule has 1 aliphatic carbocycles. The van der Waals surface area contributed by atoms with E-state index in [2.05, 4.69) is 21.8 Å². The molecule has 0 spiro atoms. The molecule has 17 heavy (non-hydrogen) atoms. The number of aromatic nitrogens is 2. The van der Waals surface area contributed by atoms with E-state index >= 15 is 0 Å². The number of nitrogens with zero attached hydrogens (tertiary/aromatic N) is 3. The average Bonchev–Trinajstić information content (AvgIpc) is 2.71. The molecule has 4 nitrogen and oxygen atoms in total. The molecule has 1 atom stereocenters. The van der Waals surface area contributed by atoms with Crippen molar-refractivity contribution in [1.29, 1.82) is 0 Å². The SMILES string of the molecule is CC1CCCN(c2ncc3c(n2)CCC3=O)C1. The fourth-order valence-corrected chi connectivity index (χ4v) is 2.72. The van der Waals surface area contributed by atoms with Crippen LogP contribution in [-0.4, -0.2) is 28.8 Å². The van der Waals surface area contributed by atoms with E-state index in [1.54, 1.807) is 6.20 Å². The normalized spacial score (nSPS) is 23.9. The van der Waals surface area contributed by atoms with Gasteiger partial charge in [0.15, 0.2) is 5.78 Å². The Labute approximate surface area is 101 Å². The summed E-state index contributed by atoms with van der Waals surface area (Å²) in [6.07, 6.45) is 5.60. The van der Waals surface area contributed by atoms with Gasteiger partial charge in [-0.3, -0.25) is 4.79 Å². The fraction of sp³-hybridized carbons (Fsp3) is 0.615. The van der Waals surface area contributed by atoms with Gasteiger partial charge in [0, 0.05) is 25.7 Å².